The van der Waals surface area contributed by atoms with Crippen molar-refractivity contribution in [1.29, 1.82) is 0 Å². The first-order valence-electron chi connectivity index (χ1n) is 12.4. The van der Waals surface area contributed by atoms with Crippen LogP contribution in [0.15, 0.2) is 65.0 Å². The lowest BCUT2D eigenvalue weighted by Crippen LogP contribution is -2.39. The van der Waals surface area contributed by atoms with Crippen LogP contribution < -0.4 is 10.9 Å². The third-order valence-electron chi connectivity index (χ3n) is 6.95. The quantitative estimate of drug-likeness (QED) is 0.269. The maximum Gasteiger partial charge on any atom is 0.262 e. The molecule has 1 atom stereocenters. The highest BCUT2D eigenvalue weighted by Crippen LogP contribution is 2.27. The number of ketones is 1. The van der Waals surface area contributed by atoms with Crippen molar-refractivity contribution in [1.82, 2.24) is 14.8 Å². The molecule has 1 unspecified atom stereocenters. The fourth-order valence-electron chi connectivity index (χ4n) is 4.89. The summed E-state index contributed by atoms with van der Waals surface area (Å²) in [5.41, 5.74) is 1.72. The first-order valence-corrected chi connectivity index (χ1v) is 12.4. The number of amides is 2. The molecule has 0 radical (unpaired) electrons. The number of para-hydroxylation sites is 1. The molecule has 1 aromatic heterocycles. The maximum absolute atomic E-state index is 13.9. The van der Waals surface area contributed by atoms with Crippen LogP contribution in [0.2, 0.25) is 0 Å². The number of carbonyl (C=O) groups is 3. The lowest BCUT2D eigenvalue weighted by molar-refractivity contribution is -0.133. The van der Waals surface area contributed by atoms with Gasteiger partial charge in [0.15, 0.2) is 5.78 Å². The van der Waals surface area contributed by atoms with Crippen LogP contribution in [0.5, 0.6) is 0 Å². The van der Waals surface area contributed by atoms with Gasteiger partial charge >= 0.3 is 0 Å². The van der Waals surface area contributed by atoms with Crippen molar-refractivity contribution in [3.63, 3.8) is 0 Å². The summed E-state index contributed by atoms with van der Waals surface area (Å²) in [4.78, 5) is 53.4. The summed E-state index contributed by atoms with van der Waals surface area (Å²) in [5.74, 6) is -0.903. The van der Waals surface area contributed by atoms with E-state index in [0.717, 1.165) is 5.39 Å². The number of likely N-dealkylation sites (tertiary alicyclic amines) is 1. The van der Waals surface area contributed by atoms with E-state index in [9.17, 15) is 19.2 Å². The molecule has 1 fully saturated rings. The lowest BCUT2D eigenvalue weighted by Gasteiger charge is -2.19. The van der Waals surface area contributed by atoms with Crippen LogP contribution in [0.3, 0.4) is 0 Å². The van der Waals surface area contributed by atoms with Gasteiger partial charge in [-0.05, 0) is 31.9 Å². The standard InChI is InChI=1S/C29H31N3O6/c1-18-22-11-7-8-12-23(22)32(16-24(34)20-9-5-4-6-10-20)29(37)26(18)27(38-3)19(2)28(36)30-21-13-14-31(15-21)25(35)17-33/h4-12,21,33H,13-17H2,1-3H3,(H,30,36)/b27-19-. The summed E-state index contributed by atoms with van der Waals surface area (Å²) >= 11 is 0. The van der Waals surface area contributed by atoms with E-state index in [1.807, 2.05) is 24.3 Å². The Labute approximate surface area is 220 Å². The smallest absolute Gasteiger partial charge is 0.262 e. The monoisotopic (exact) mass is 517 g/mol. The van der Waals surface area contributed by atoms with Crippen molar-refractivity contribution >= 4 is 34.3 Å². The zero-order valence-electron chi connectivity index (χ0n) is 21.7. The van der Waals surface area contributed by atoms with E-state index >= 15 is 0 Å². The van der Waals surface area contributed by atoms with Crippen LogP contribution in [0.4, 0.5) is 0 Å². The second-order valence-corrected chi connectivity index (χ2v) is 9.31. The van der Waals surface area contributed by atoms with E-state index in [4.69, 9.17) is 9.84 Å². The maximum atomic E-state index is 13.9. The number of nitrogens with zero attached hydrogens (tertiary/aromatic N) is 2. The molecular weight excluding hydrogens is 486 g/mol. The molecule has 0 saturated carbocycles. The summed E-state index contributed by atoms with van der Waals surface area (Å²) < 4.78 is 7.06. The largest absolute Gasteiger partial charge is 0.495 e. The SMILES string of the molecule is CO/C(=C(/C)C(=O)NC1CCN(C(=O)CO)C1)c1c(C)c2ccccc2n(CC(=O)c2ccccc2)c1=O. The van der Waals surface area contributed by atoms with Crippen LogP contribution >= 0.6 is 0 Å². The number of nitrogens with one attached hydrogen (secondary N) is 1. The van der Waals surface area contributed by atoms with Gasteiger partial charge in [-0.25, -0.2) is 0 Å². The van der Waals surface area contributed by atoms with Gasteiger partial charge in [0.05, 0.1) is 30.3 Å². The van der Waals surface area contributed by atoms with Crippen LogP contribution in [0.25, 0.3) is 16.7 Å². The number of carbonyl (C=O) groups excluding carboxylic acids is 3. The molecule has 0 aliphatic carbocycles. The summed E-state index contributed by atoms with van der Waals surface area (Å²) in [7, 11) is 1.40. The summed E-state index contributed by atoms with van der Waals surface area (Å²) in [5, 5.41) is 12.8. The van der Waals surface area contributed by atoms with Crippen LogP contribution in [0.1, 0.15) is 34.8 Å². The van der Waals surface area contributed by atoms with Gasteiger partial charge in [0, 0.05) is 30.1 Å². The molecule has 0 spiro atoms. The van der Waals surface area contributed by atoms with Gasteiger partial charge in [0.25, 0.3) is 11.5 Å². The zero-order chi connectivity index (χ0) is 27.4. The average molecular weight is 518 g/mol. The molecule has 38 heavy (non-hydrogen) atoms. The number of aromatic nitrogens is 1. The van der Waals surface area contributed by atoms with E-state index < -0.39 is 18.1 Å². The summed E-state index contributed by atoms with van der Waals surface area (Å²) in [6, 6.07) is 15.8. The third-order valence-corrected chi connectivity index (χ3v) is 6.95. The number of Topliss-reactive ketones (excluding diaryl/α,β-unsaturated/α-hetero) is 1. The Morgan fingerprint density at radius 2 is 1.76 bits per heavy atom. The van der Waals surface area contributed by atoms with Crippen molar-refractivity contribution < 1.29 is 24.2 Å². The first-order chi connectivity index (χ1) is 18.3. The minimum Gasteiger partial charge on any atom is -0.495 e. The van der Waals surface area contributed by atoms with Gasteiger partial charge in [-0.15, -0.1) is 0 Å². The van der Waals surface area contributed by atoms with Crippen molar-refractivity contribution in [2.75, 3.05) is 26.8 Å². The number of benzene rings is 2. The number of ether oxygens (including phenoxy) is 1. The molecule has 2 aromatic carbocycles. The molecule has 1 aliphatic heterocycles. The van der Waals surface area contributed by atoms with Crippen molar-refractivity contribution in [2.45, 2.75) is 32.9 Å². The van der Waals surface area contributed by atoms with Gasteiger partial charge in [-0.3, -0.25) is 23.7 Å². The molecular formula is C29H31N3O6. The third kappa shape index (κ3) is 5.24. The topological polar surface area (TPSA) is 118 Å². The first kappa shape index (κ1) is 26.8. The van der Waals surface area contributed by atoms with E-state index in [-0.39, 0.29) is 41.2 Å². The Morgan fingerprint density at radius 3 is 2.45 bits per heavy atom. The summed E-state index contributed by atoms with van der Waals surface area (Å²) in [6.45, 7) is 3.36. The summed E-state index contributed by atoms with van der Waals surface area (Å²) in [6.07, 6.45) is 0.552. The highest BCUT2D eigenvalue weighted by Gasteiger charge is 2.29. The Morgan fingerprint density at radius 1 is 1.08 bits per heavy atom. The van der Waals surface area contributed by atoms with E-state index in [1.54, 1.807) is 44.2 Å². The minimum atomic E-state index is -0.576. The number of methoxy groups -OCH3 is 1. The molecule has 9 nitrogen and oxygen atoms in total. The number of pyridine rings is 1. The normalized spacial score (nSPS) is 15.8. The van der Waals surface area contributed by atoms with Crippen LogP contribution in [-0.4, -0.2) is 65.0 Å². The Hall–Kier alpha value is -4.24. The molecule has 198 valence electrons. The van der Waals surface area contributed by atoms with E-state index in [2.05, 4.69) is 5.32 Å². The number of hydrogen-bond acceptors (Lipinski definition) is 6. The van der Waals surface area contributed by atoms with Gasteiger partial charge in [-0.1, -0.05) is 48.5 Å². The minimum absolute atomic E-state index is 0.123. The van der Waals surface area contributed by atoms with E-state index in [1.165, 1.54) is 16.6 Å². The number of hydrogen-bond donors (Lipinski definition) is 2. The van der Waals surface area contributed by atoms with Crippen molar-refractivity contribution in [3.8, 4) is 0 Å². The Bertz CT molecular complexity index is 1470. The fraction of sp³-hybridized carbons (Fsp3) is 0.310. The highest BCUT2D eigenvalue weighted by atomic mass is 16.5. The molecule has 0 bridgehead atoms. The second kappa shape index (κ2) is 11.4. The molecule has 3 aromatic rings. The zero-order valence-corrected chi connectivity index (χ0v) is 21.7. The predicted molar refractivity (Wildman–Crippen MR) is 144 cm³/mol. The predicted octanol–water partition coefficient (Wildman–Crippen LogP) is 2.28. The molecule has 2 heterocycles. The molecule has 1 saturated heterocycles. The number of aliphatic hydroxyl groups excluding tert-OH is 1. The van der Waals surface area contributed by atoms with Gasteiger partial charge in [-0.2, -0.15) is 0 Å². The molecule has 2 amide bonds. The average Bonchev–Trinajstić information content (AvgIpc) is 3.41. The van der Waals surface area contributed by atoms with Crippen molar-refractivity contribution in [2.24, 2.45) is 0 Å². The number of fused-ring (bicyclic) bond motifs is 1. The lowest BCUT2D eigenvalue weighted by atomic mass is 9.99. The molecule has 4 rings (SSSR count). The van der Waals surface area contributed by atoms with Crippen LogP contribution in [0, 0.1) is 6.92 Å². The number of aryl methyl sites for hydroxylation is 1. The molecule has 9 heteroatoms. The highest BCUT2D eigenvalue weighted by molar-refractivity contribution is 6.01. The number of rotatable bonds is 8. The van der Waals surface area contributed by atoms with E-state index in [0.29, 0.717) is 36.2 Å². The van der Waals surface area contributed by atoms with Gasteiger partial charge in [0.2, 0.25) is 5.91 Å². The fourth-order valence-corrected chi connectivity index (χ4v) is 4.89. The molecule has 2 N–H and O–H groups in total. The van der Waals surface area contributed by atoms with Gasteiger partial charge in [0.1, 0.15) is 12.4 Å². The molecule has 1 aliphatic rings. The van der Waals surface area contributed by atoms with Crippen LogP contribution in [-0.2, 0) is 20.9 Å². The Kier molecular flexibility index (Phi) is 8.07. The van der Waals surface area contributed by atoms with Gasteiger partial charge < -0.3 is 20.1 Å². The second-order valence-electron chi connectivity index (χ2n) is 9.31. The van der Waals surface area contributed by atoms with Crippen molar-refractivity contribution in [3.05, 3.63) is 87.2 Å². The number of aliphatic hydroxyl groups is 1. The Balaban J connectivity index is 1.74.